The van der Waals surface area contributed by atoms with Crippen LogP contribution in [-0.4, -0.2) is 30.0 Å². The molecule has 1 aromatic rings. The van der Waals surface area contributed by atoms with E-state index in [1.165, 1.54) is 0 Å². The number of hydrogen-bond donors (Lipinski definition) is 2. The van der Waals surface area contributed by atoms with E-state index in [1.54, 1.807) is 6.08 Å². The third-order valence-corrected chi connectivity index (χ3v) is 2.23. The standard InChI is InChI=1S/C14H18O3/c1-12(11-16)8-10-17-14-6-4-13(5-7-14)3-2-9-15/h2-8,15-16H,9-11H2,1H3. The van der Waals surface area contributed by atoms with Crippen molar-refractivity contribution in [2.24, 2.45) is 0 Å². The molecule has 0 heterocycles. The Morgan fingerprint density at radius 2 is 1.94 bits per heavy atom. The maximum atomic E-state index is 8.80. The van der Waals surface area contributed by atoms with Crippen molar-refractivity contribution in [3.05, 3.63) is 47.6 Å². The molecular formula is C14H18O3. The van der Waals surface area contributed by atoms with Gasteiger partial charge < -0.3 is 14.9 Å². The highest BCUT2D eigenvalue weighted by Gasteiger charge is 1.92. The fourth-order valence-corrected chi connectivity index (χ4v) is 1.21. The fraction of sp³-hybridized carbons (Fsp3) is 0.286. The van der Waals surface area contributed by atoms with Gasteiger partial charge in [0.1, 0.15) is 12.4 Å². The second-order valence-corrected chi connectivity index (χ2v) is 3.67. The summed E-state index contributed by atoms with van der Waals surface area (Å²) in [6, 6.07) is 7.59. The monoisotopic (exact) mass is 234 g/mol. The molecule has 0 unspecified atom stereocenters. The quantitative estimate of drug-likeness (QED) is 0.740. The number of aliphatic hydroxyl groups excluding tert-OH is 2. The lowest BCUT2D eigenvalue weighted by molar-refractivity contribution is 0.325. The van der Waals surface area contributed by atoms with Crippen LogP contribution in [0, 0.1) is 0 Å². The first-order valence-corrected chi connectivity index (χ1v) is 5.53. The van der Waals surface area contributed by atoms with E-state index in [0.717, 1.165) is 16.9 Å². The van der Waals surface area contributed by atoms with E-state index in [-0.39, 0.29) is 13.2 Å². The molecule has 1 rings (SSSR count). The molecule has 0 atom stereocenters. The summed E-state index contributed by atoms with van der Waals surface area (Å²) in [7, 11) is 0. The molecule has 17 heavy (non-hydrogen) atoms. The summed E-state index contributed by atoms with van der Waals surface area (Å²) in [6.07, 6.45) is 5.38. The number of ether oxygens (including phenoxy) is 1. The number of benzene rings is 1. The zero-order valence-electron chi connectivity index (χ0n) is 9.97. The van der Waals surface area contributed by atoms with Gasteiger partial charge in [0.05, 0.1) is 13.2 Å². The summed E-state index contributed by atoms with van der Waals surface area (Å²) in [4.78, 5) is 0. The normalized spacial score (nSPS) is 12.1. The van der Waals surface area contributed by atoms with Crippen molar-refractivity contribution in [3.63, 3.8) is 0 Å². The minimum absolute atomic E-state index is 0.0451. The van der Waals surface area contributed by atoms with Crippen LogP contribution in [-0.2, 0) is 0 Å². The summed E-state index contributed by atoms with van der Waals surface area (Å²) < 4.78 is 5.48. The largest absolute Gasteiger partial charge is 0.490 e. The molecule has 2 N–H and O–H groups in total. The van der Waals surface area contributed by atoms with Gasteiger partial charge in [0, 0.05) is 0 Å². The number of hydrogen-bond acceptors (Lipinski definition) is 3. The summed E-state index contributed by atoms with van der Waals surface area (Å²) in [5.74, 6) is 0.785. The van der Waals surface area contributed by atoms with Gasteiger partial charge in [-0.05, 0) is 36.3 Å². The first-order chi connectivity index (χ1) is 8.26. The van der Waals surface area contributed by atoms with E-state index in [2.05, 4.69) is 0 Å². The van der Waals surface area contributed by atoms with Crippen molar-refractivity contribution in [1.29, 1.82) is 0 Å². The maximum Gasteiger partial charge on any atom is 0.119 e. The lowest BCUT2D eigenvalue weighted by Crippen LogP contribution is -1.96. The summed E-state index contributed by atoms with van der Waals surface area (Å²) >= 11 is 0. The van der Waals surface area contributed by atoms with Crippen LogP contribution in [0.2, 0.25) is 0 Å². The molecule has 0 saturated carbocycles. The summed E-state index contributed by atoms with van der Waals surface area (Å²) in [5.41, 5.74) is 1.92. The lowest BCUT2D eigenvalue weighted by atomic mass is 10.2. The maximum absolute atomic E-state index is 8.80. The highest BCUT2D eigenvalue weighted by atomic mass is 16.5. The highest BCUT2D eigenvalue weighted by Crippen LogP contribution is 2.13. The molecule has 0 aromatic heterocycles. The molecule has 0 aliphatic rings. The predicted molar refractivity (Wildman–Crippen MR) is 68.9 cm³/mol. The Morgan fingerprint density at radius 3 is 2.53 bits per heavy atom. The third kappa shape index (κ3) is 5.33. The molecule has 0 saturated heterocycles. The van der Waals surface area contributed by atoms with Crippen molar-refractivity contribution in [2.75, 3.05) is 19.8 Å². The van der Waals surface area contributed by atoms with Crippen LogP contribution in [0.25, 0.3) is 6.08 Å². The molecule has 0 bridgehead atoms. The van der Waals surface area contributed by atoms with Crippen molar-refractivity contribution >= 4 is 6.08 Å². The summed E-state index contributed by atoms with van der Waals surface area (Å²) in [5, 5.41) is 17.4. The van der Waals surface area contributed by atoms with Crippen LogP contribution in [0.4, 0.5) is 0 Å². The van der Waals surface area contributed by atoms with Gasteiger partial charge in [-0.15, -0.1) is 0 Å². The van der Waals surface area contributed by atoms with E-state index < -0.39 is 0 Å². The molecule has 0 fully saturated rings. The van der Waals surface area contributed by atoms with E-state index >= 15 is 0 Å². The Labute approximate surface area is 102 Å². The average molecular weight is 234 g/mol. The van der Waals surface area contributed by atoms with Crippen molar-refractivity contribution < 1.29 is 14.9 Å². The second-order valence-electron chi connectivity index (χ2n) is 3.67. The molecule has 0 spiro atoms. The average Bonchev–Trinajstić information content (AvgIpc) is 2.37. The molecule has 3 heteroatoms. The van der Waals surface area contributed by atoms with Crippen molar-refractivity contribution in [3.8, 4) is 5.75 Å². The van der Waals surface area contributed by atoms with Crippen LogP contribution < -0.4 is 4.74 Å². The smallest absolute Gasteiger partial charge is 0.119 e. The van der Waals surface area contributed by atoms with Gasteiger partial charge in [-0.25, -0.2) is 0 Å². The molecular weight excluding hydrogens is 216 g/mol. The molecule has 0 radical (unpaired) electrons. The van der Waals surface area contributed by atoms with E-state index in [0.29, 0.717) is 6.61 Å². The van der Waals surface area contributed by atoms with Gasteiger partial charge in [-0.1, -0.05) is 24.3 Å². The Balaban J connectivity index is 2.48. The molecule has 0 amide bonds. The molecule has 0 aliphatic carbocycles. The predicted octanol–water partition coefficient (Wildman–Crippen LogP) is 2.01. The Bertz CT molecular complexity index is 377. The molecule has 0 aliphatic heterocycles. The molecule has 3 nitrogen and oxygen atoms in total. The van der Waals surface area contributed by atoms with Gasteiger partial charge in [0.2, 0.25) is 0 Å². The van der Waals surface area contributed by atoms with E-state index in [9.17, 15) is 0 Å². The van der Waals surface area contributed by atoms with Gasteiger partial charge in [0.25, 0.3) is 0 Å². The van der Waals surface area contributed by atoms with Crippen LogP contribution in [0.15, 0.2) is 42.0 Å². The van der Waals surface area contributed by atoms with Crippen LogP contribution in [0.3, 0.4) is 0 Å². The fourth-order valence-electron chi connectivity index (χ4n) is 1.21. The first kappa shape index (κ1) is 13.5. The van der Waals surface area contributed by atoms with Gasteiger partial charge >= 0.3 is 0 Å². The Morgan fingerprint density at radius 1 is 1.24 bits per heavy atom. The lowest BCUT2D eigenvalue weighted by Gasteiger charge is -2.04. The zero-order chi connectivity index (χ0) is 12.5. The van der Waals surface area contributed by atoms with E-state index in [4.69, 9.17) is 14.9 Å². The minimum atomic E-state index is 0.0451. The summed E-state index contributed by atoms with van der Waals surface area (Å²) in [6.45, 7) is 2.42. The SMILES string of the molecule is CC(=CCOc1ccc(C=CCO)cc1)CO. The third-order valence-electron chi connectivity index (χ3n) is 2.23. The second kappa shape index (κ2) is 7.65. The van der Waals surface area contributed by atoms with Gasteiger partial charge in [-0.3, -0.25) is 0 Å². The van der Waals surface area contributed by atoms with Gasteiger partial charge in [-0.2, -0.15) is 0 Å². The minimum Gasteiger partial charge on any atom is -0.490 e. The van der Waals surface area contributed by atoms with Crippen LogP contribution in [0.1, 0.15) is 12.5 Å². The number of rotatable bonds is 6. The van der Waals surface area contributed by atoms with E-state index in [1.807, 2.05) is 43.3 Å². The molecule has 1 aromatic carbocycles. The zero-order valence-corrected chi connectivity index (χ0v) is 9.97. The topological polar surface area (TPSA) is 49.7 Å². The Kier molecular flexibility index (Phi) is 6.07. The van der Waals surface area contributed by atoms with Crippen molar-refractivity contribution in [1.82, 2.24) is 0 Å². The number of aliphatic hydroxyl groups is 2. The van der Waals surface area contributed by atoms with Crippen molar-refractivity contribution in [2.45, 2.75) is 6.92 Å². The van der Waals surface area contributed by atoms with Crippen LogP contribution >= 0.6 is 0 Å². The van der Waals surface area contributed by atoms with Gasteiger partial charge in [0.15, 0.2) is 0 Å². The Hall–Kier alpha value is -1.58. The molecule has 92 valence electrons. The highest BCUT2D eigenvalue weighted by molar-refractivity contribution is 5.50. The first-order valence-electron chi connectivity index (χ1n) is 5.53. The van der Waals surface area contributed by atoms with Crippen LogP contribution in [0.5, 0.6) is 5.75 Å².